The van der Waals surface area contributed by atoms with Crippen molar-refractivity contribution in [2.75, 3.05) is 0 Å². The third-order valence-electron chi connectivity index (χ3n) is 6.01. The first-order valence-electron chi connectivity index (χ1n) is 11.0. The average Bonchev–Trinajstić information content (AvgIpc) is 3.12. The van der Waals surface area contributed by atoms with Crippen molar-refractivity contribution in [3.05, 3.63) is 107 Å². The van der Waals surface area contributed by atoms with Gasteiger partial charge in [0.15, 0.2) is 0 Å². The number of carbonyl (C=O) groups excluding carboxylic acids is 1. The number of aryl methyl sites for hydroxylation is 3. The molecule has 0 fully saturated rings. The molecule has 0 spiro atoms. The SMILES string of the molecule is Cc1ccccc1CCC(=O)CCCc1cn(Cc2ccccc2F)c2ccccc12.[HH]. The molecule has 0 saturated carbocycles. The quantitative estimate of drug-likeness (QED) is 0.291. The maximum Gasteiger partial charge on any atom is 0.133 e. The molecule has 31 heavy (non-hydrogen) atoms. The summed E-state index contributed by atoms with van der Waals surface area (Å²) in [7, 11) is 0. The number of nitrogens with zero attached hydrogens (tertiary/aromatic N) is 1. The molecule has 0 bridgehead atoms. The Labute approximate surface area is 184 Å². The summed E-state index contributed by atoms with van der Waals surface area (Å²) in [6.07, 6.45) is 5.81. The molecule has 4 aromatic rings. The number of hydrogen-bond acceptors (Lipinski definition) is 1. The van der Waals surface area contributed by atoms with Crippen LogP contribution < -0.4 is 0 Å². The lowest BCUT2D eigenvalue weighted by atomic mass is 10.00. The van der Waals surface area contributed by atoms with E-state index in [1.807, 2.05) is 36.4 Å². The Morgan fingerprint density at radius 2 is 1.55 bits per heavy atom. The first kappa shape index (κ1) is 21.0. The highest BCUT2D eigenvalue weighted by Crippen LogP contribution is 2.24. The number of carbonyl (C=O) groups is 1. The maximum absolute atomic E-state index is 14.1. The minimum Gasteiger partial charge on any atom is -0.343 e. The monoisotopic (exact) mass is 415 g/mol. The molecule has 0 saturated heterocycles. The van der Waals surface area contributed by atoms with Crippen molar-refractivity contribution < 1.29 is 10.6 Å². The summed E-state index contributed by atoms with van der Waals surface area (Å²) in [5, 5.41) is 1.19. The van der Waals surface area contributed by atoms with Gasteiger partial charge in [-0.05, 0) is 55.0 Å². The summed E-state index contributed by atoms with van der Waals surface area (Å²) >= 11 is 0. The van der Waals surface area contributed by atoms with Gasteiger partial charge in [-0.15, -0.1) is 0 Å². The Hall–Kier alpha value is -3.20. The highest BCUT2D eigenvalue weighted by atomic mass is 19.1. The fourth-order valence-corrected chi connectivity index (χ4v) is 4.23. The number of hydrogen-bond donors (Lipinski definition) is 0. The number of para-hydroxylation sites is 1. The zero-order chi connectivity index (χ0) is 21.6. The van der Waals surface area contributed by atoms with Gasteiger partial charge >= 0.3 is 0 Å². The van der Waals surface area contributed by atoms with Crippen LogP contribution in [0.15, 0.2) is 79.0 Å². The average molecular weight is 416 g/mol. The Morgan fingerprint density at radius 1 is 0.839 bits per heavy atom. The molecule has 0 aliphatic carbocycles. The van der Waals surface area contributed by atoms with Crippen LogP contribution in [0.4, 0.5) is 4.39 Å². The second-order valence-electron chi connectivity index (χ2n) is 8.21. The van der Waals surface area contributed by atoms with Crippen LogP contribution in [0, 0.1) is 12.7 Å². The Morgan fingerprint density at radius 3 is 2.35 bits per heavy atom. The fraction of sp³-hybridized carbons (Fsp3) is 0.250. The first-order chi connectivity index (χ1) is 15.1. The zero-order valence-corrected chi connectivity index (χ0v) is 18.0. The Kier molecular flexibility index (Phi) is 6.61. The summed E-state index contributed by atoms with van der Waals surface area (Å²) in [5.74, 6) is 0.138. The molecule has 0 radical (unpaired) electrons. The van der Waals surface area contributed by atoms with Gasteiger partial charge in [0.05, 0.1) is 6.54 Å². The van der Waals surface area contributed by atoms with Crippen LogP contribution in [-0.4, -0.2) is 10.4 Å². The standard InChI is InChI=1S/C28H28FNO.H2/c1-21-9-2-3-10-22(21)17-18-25(31)13-8-12-23-19-30(28-16-7-5-14-26(23)28)20-24-11-4-6-15-27(24)29;/h2-7,9-11,14-16,19H,8,12-13,17-18,20H2,1H3;1H. The maximum atomic E-state index is 14.1. The van der Waals surface area contributed by atoms with Gasteiger partial charge in [-0.2, -0.15) is 0 Å². The van der Waals surface area contributed by atoms with Crippen LogP contribution in [0.2, 0.25) is 0 Å². The largest absolute Gasteiger partial charge is 0.343 e. The number of Topliss-reactive ketones (excluding diaryl/α,β-unsaturated/α-hetero) is 1. The number of aromatic nitrogens is 1. The van der Waals surface area contributed by atoms with Crippen molar-refractivity contribution in [2.45, 2.75) is 45.6 Å². The molecule has 0 unspecified atom stereocenters. The van der Waals surface area contributed by atoms with Gasteiger partial charge in [0.2, 0.25) is 0 Å². The molecule has 4 rings (SSSR count). The molecular formula is C28H30FNO. The molecule has 0 aliphatic rings. The minimum atomic E-state index is -0.180. The van der Waals surface area contributed by atoms with Crippen molar-refractivity contribution in [1.29, 1.82) is 0 Å². The van der Waals surface area contributed by atoms with Gasteiger partial charge in [0.25, 0.3) is 0 Å². The summed E-state index contributed by atoms with van der Waals surface area (Å²) in [6.45, 7) is 2.60. The summed E-state index contributed by atoms with van der Waals surface area (Å²) in [5.41, 5.74) is 5.51. The van der Waals surface area contributed by atoms with Gasteiger partial charge in [-0.1, -0.05) is 60.7 Å². The van der Waals surface area contributed by atoms with E-state index in [1.165, 1.54) is 28.1 Å². The highest BCUT2D eigenvalue weighted by molar-refractivity contribution is 5.84. The van der Waals surface area contributed by atoms with Crippen molar-refractivity contribution in [2.24, 2.45) is 0 Å². The van der Waals surface area contributed by atoms with E-state index in [1.54, 1.807) is 6.07 Å². The van der Waals surface area contributed by atoms with Gasteiger partial charge in [0, 0.05) is 36.9 Å². The van der Waals surface area contributed by atoms with Crippen LogP contribution in [0.5, 0.6) is 0 Å². The normalized spacial score (nSPS) is 11.2. The van der Waals surface area contributed by atoms with Crippen LogP contribution in [-0.2, 0) is 24.2 Å². The lowest BCUT2D eigenvalue weighted by Crippen LogP contribution is -2.02. The van der Waals surface area contributed by atoms with E-state index in [0.717, 1.165) is 24.8 Å². The smallest absolute Gasteiger partial charge is 0.133 e. The molecule has 1 heterocycles. The molecule has 3 aromatic carbocycles. The Balaban J connectivity index is 0.00000289. The van der Waals surface area contributed by atoms with Crippen LogP contribution >= 0.6 is 0 Å². The number of benzene rings is 3. The summed E-state index contributed by atoms with van der Waals surface area (Å²) in [4.78, 5) is 12.4. The van der Waals surface area contributed by atoms with Crippen LogP contribution in [0.3, 0.4) is 0 Å². The predicted molar refractivity (Wildman–Crippen MR) is 127 cm³/mol. The van der Waals surface area contributed by atoms with Crippen molar-refractivity contribution in [3.8, 4) is 0 Å². The molecule has 0 N–H and O–H groups in total. The number of rotatable bonds is 9. The molecule has 0 amide bonds. The lowest BCUT2D eigenvalue weighted by Gasteiger charge is -2.06. The van der Waals surface area contributed by atoms with Gasteiger partial charge in [-0.25, -0.2) is 4.39 Å². The third-order valence-corrected chi connectivity index (χ3v) is 6.01. The van der Waals surface area contributed by atoms with E-state index in [9.17, 15) is 9.18 Å². The molecule has 160 valence electrons. The van der Waals surface area contributed by atoms with Crippen molar-refractivity contribution in [1.82, 2.24) is 4.57 Å². The van der Waals surface area contributed by atoms with Gasteiger partial charge in [0.1, 0.15) is 11.6 Å². The molecule has 2 nitrogen and oxygen atoms in total. The number of ketones is 1. The Bertz CT molecular complexity index is 1200. The third kappa shape index (κ3) is 5.11. The lowest BCUT2D eigenvalue weighted by molar-refractivity contribution is -0.119. The van der Waals surface area contributed by atoms with E-state index >= 15 is 0 Å². The molecule has 0 atom stereocenters. The van der Waals surface area contributed by atoms with Gasteiger partial charge < -0.3 is 4.57 Å². The van der Waals surface area contributed by atoms with E-state index in [-0.39, 0.29) is 7.24 Å². The van der Waals surface area contributed by atoms with E-state index < -0.39 is 0 Å². The minimum absolute atomic E-state index is 0. The molecular weight excluding hydrogens is 385 g/mol. The predicted octanol–water partition coefficient (Wildman–Crippen LogP) is 6.91. The molecule has 1 aromatic heterocycles. The second-order valence-corrected chi connectivity index (χ2v) is 8.21. The topological polar surface area (TPSA) is 22.0 Å². The fourth-order valence-electron chi connectivity index (χ4n) is 4.23. The van der Waals surface area contributed by atoms with E-state index in [4.69, 9.17) is 0 Å². The van der Waals surface area contributed by atoms with Crippen molar-refractivity contribution >= 4 is 16.7 Å². The highest BCUT2D eigenvalue weighted by Gasteiger charge is 2.11. The van der Waals surface area contributed by atoms with Crippen molar-refractivity contribution in [3.63, 3.8) is 0 Å². The van der Waals surface area contributed by atoms with E-state index in [2.05, 4.69) is 42.0 Å². The van der Waals surface area contributed by atoms with Crippen LogP contribution in [0.1, 0.15) is 42.9 Å². The zero-order valence-electron chi connectivity index (χ0n) is 18.0. The first-order valence-corrected chi connectivity index (χ1v) is 11.0. The van der Waals surface area contributed by atoms with Gasteiger partial charge in [-0.3, -0.25) is 4.79 Å². The summed E-state index contributed by atoms with van der Waals surface area (Å²) < 4.78 is 16.3. The molecule has 0 aliphatic heterocycles. The molecule has 3 heteroatoms. The second kappa shape index (κ2) is 9.74. The number of fused-ring (bicyclic) bond motifs is 1. The number of halogens is 1. The summed E-state index contributed by atoms with van der Waals surface area (Å²) in [6, 6.07) is 23.4. The van der Waals surface area contributed by atoms with Crippen LogP contribution in [0.25, 0.3) is 10.9 Å². The van der Waals surface area contributed by atoms with E-state index in [0.29, 0.717) is 30.7 Å².